The van der Waals surface area contributed by atoms with E-state index in [-0.39, 0.29) is 5.91 Å². The number of carbonyl (C=O) groups excluding carboxylic acids is 1. The predicted molar refractivity (Wildman–Crippen MR) is 79.5 cm³/mol. The molecule has 1 saturated heterocycles. The lowest BCUT2D eigenvalue weighted by molar-refractivity contribution is -0.124. The number of primary amides is 1. The van der Waals surface area contributed by atoms with Crippen LogP contribution in [0.4, 0.5) is 0 Å². The number of ether oxygens (including phenoxy) is 2. The summed E-state index contributed by atoms with van der Waals surface area (Å²) in [6.45, 7) is 7.95. The van der Waals surface area contributed by atoms with Gasteiger partial charge in [-0.15, -0.1) is 0 Å². The molecule has 3 N–H and O–H groups in total. The largest absolute Gasteiger partial charge is 0.381 e. The molecule has 1 atom stereocenters. The van der Waals surface area contributed by atoms with E-state index in [0.717, 1.165) is 65.1 Å². The third-order valence-electron chi connectivity index (χ3n) is 4.02. The fraction of sp³-hybridized carbons (Fsp3) is 0.933. The standard InChI is InChI=1S/C15H30N2O3/c1-3-17-15(2,14(16)18)8-4-5-9-20-12-13-6-10-19-11-7-13/h13,17H,3-12H2,1-2H3,(H2,16,18). The highest BCUT2D eigenvalue weighted by molar-refractivity contribution is 5.84. The lowest BCUT2D eigenvalue weighted by Gasteiger charge is -2.27. The molecule has 0 spiro atoms. The third-order valence-corrected chi connectivity index (χ3v) is 4.02. The van der Waals surface area contributed by atoms with Gasteiger partial charge in [-0.2, -0.15) is 0 Å². The lowest BCUT2D eigenvalue weighted by Crippen LogP contribution is -2.52. The number of carbonyl (C=O) groups is 1. The number of nitrogens with two attached hydrogens (primary N) is 1. The van der Waals surface area contributed by atoms with Crippen molar-refractivity contribution in [3.8, 4) is 0 Å². The van der Waals surface area contributed by atoms with Crippen LogP contribution in [0.15, 0.2) is 0 Å². The Hall–Kier alpha value is -0.650. The van der Waals surface area contributed by atoms with Crippen molar-refractivity contribution in [2.45, 2.75) is 51.5 Å². The molecule has 5 heteroatoms. The van der Waals surface area contributed by atoms with Gasteiger partial charge in [0.15, 0.2) is 0 Å². The van der Waals surface area contributed by atoms with Gasteiger partial charge in [-0.05, 0) is 51.5 Å². The molecule has 0 aromatic rings. The van der Waals surface area contributed by atoms with Gasteiger partial charge >= 0.3 is 0 Å². The SMILES string of the molecule is CCNC(C)(CCCCOCC1CCOCC1)C(N)=O. The number of likely N-dealkylation sites (N-methyl/N-ethyl adjacent to an activating group) is 1. The molecule has 5 nitrogen and oxygen atoms in total. The van der Waals surface area contributed by atoms with Gasteiger partial charge in [0, 0.05) is 26.4 Å². The molecule has 1 aliphatic heterocycles. The molecule has 1 unspecified atom stereocenters. The average Bonchev–Trinajstić information content (AvgIpc) is 2.44. The first kappa shape index (κ1) is 17.4. The van der Waals surface area contributed by atoms with Gasteiger partial charge in [-0.25, -0.2) is 0 Å². The zero-order chi connectivity index (χ0) is 14.8. The van der Waals surface area contributed by atoms with Crippen molar-refractivity contribution in [2.75, 3.05) is 33.0 Å². The second kappa shape index (κ2) is 9.32. The van der Waals surface area contributed by atoms with Crippen molar-refractivity contribution < 1.29 is 14.3 Å². The van der Waals surface area contributed by atoms with Gasteiger partial charge in [0.1, 0.15) is 0 Å². The Bertz CT molecular complexity index is 280. The van der Waals surface area contributed by atoms with E-state index < -0.39 is 5.54 Å². The molecule has 1 heterocycles. The van der Waals surface area contributed by atoms with Gasteiger partial charge in [0.05, 0.1) is 5.54 Å². The molecule has 1 amide bonds. The Balaban J connectivity index is 2.06. The third kappa shape index (κ3) is 6.20. The quantitative estimate of drug-likeness (QED) is 0.596. The van der Waals surface area contributed by atoms with Crippen molar-refractivity contribution in [1.82, 2.24) is 5.32 Å². The van der Waals surface area contributed by atoms with Crippen molar-refractivity contribution in [1.29, 1.82) is 0 Å². The highest BCUT2D eigenvalue weighted by Gasteiger charge is 2.28. The summed E-state index contributed by atoms with van der Waals surface area (Å²) in [7, 11) is 0. The average molecular weight is 286 g/mol. The molecule has 0 aliphatic carbocycles. The van der Waals surface area contributed by atoms with Crippen LogP contribution in [-0.4, -0.2) is 44.4 Å². The zero-order valence-corrected chi connectivity index (χ0v) is 13.0. The van der Waals surface area contributed by atoms with Gasteiger partial charge < -0.3 is 20.5 Å². The monoisotopic (exact) mass is 286 g/mol. The number of unbranched alkanes of at least 4 members (excludes halogenated alkanes) is 1. The summed E-state index contributed by atoms with van der Waals surface area (Å²) in [4.78, 5) is 11.5. The van der Waals surface area contributed by atoms with E-state index in [1.54, 1.807) is 0 Å². The normalized spacial score (nSPS) is 19.7. The van der Waals surface area contributed by atoms with Crippen LogP contribution in [0.3, 0.4) is 0 Å². The van der Waals surface area contributed by atoms with Gasteiger partial charge in [0.25, 0.3) is 0 Å². The van der Waals surface area contributed by atoms with Crippen LogP contribution >= 0.6 is 0 Å². The number of hydrogen-bond donors (Lipinski definition) is 2. The van der Waals surface area contributed by atoms with E-state index in [2.05, 4.69) is 5.32 Å². The second-order valence-corrected chi connectivity index (χ2v) is 5.81. The van der Waals surface area contributed by atoms with E-state index in [0.29, 0.717) is 5.92 Å². The van der Waals surface area contributed by atoms with Gasteiger partial charge in [-0.3, -0.25) is 4.79 Å². The number of nitrogens with one attached hydrogen (secondary N) is 1. The predicted octanol–water partition coefficient (Wildman–Crippen LogP) is 1.45. The summed E-state index contributed by atoms with van der Waals surface area (Å²) < 4.78 is 11.0. The van der Waals surface area contributed by atoms with Crippen LogP contribution in [0.5, 0.6) is 0 Å². The van der Waals surface area contributed by atoms with Crippen LogP contribution in [0.1, 0.15) is 46.0 Å². The number of rotatable bonds is 10. The molecular weight excluding hydrogens is 256 g/mol. The van der Waals surface area contributed by atoms with Crippen LogP contribution in [-0.2, 0) is 14.3 Å². The molecule has 1 rings (SSSR count). The van der Waals surface area contributed by atoms with Crippen LogP contribution < -0.4 is 11.1 Å². The van der Waals surface area contributed by atoms with Crippen LogP contribution in [0.25, 0.3) is 0 Å². The molecule has 1 fully saturated rings. The first-order valence-corrected chi connectivity index (χ1v) is 7.79. The highest BCUT2D eigenvalue weighted by Crippen LogP contribution is 2.16. The minimum atomic E-state index is -0.588. The van der Waals surface area contributed by atoms with E-state index >= 15 is 0 Å². The fourth-order valence-corrected chi connectivity index (χ4v) is 2.53. The van der Waals surface area contributed by atoms with Crippen LogP contribution in [0.2, 0.25) is 0 Å². The zero-order valence-electron chi connectivity index (χ0n) is 13.0. The summed E-state index contributed by atoms with van der Waals surface area (Å²) in [6.07, 6.45) is 4.90. The minimum Gasteiger partial charge on any atom is -0.381 e. The molecule has 20 heavy (non-hydrogen) atoms. The molecule has 0 aromatic heterocycles. The van der Waals surface area contributed by atoms with Crippen molar-refractivity contribution in [3.05, 3.63) is 0 Å². The fourth-order valence-electron chi connectivity index (χ4n) is 2.53. The Labute approximate surface area is 122 Å². The van der Waals surface area contributed by atoms with Crippen molar-refractivity contribution >= 4 is 5.91 Å². The van der Waals surface area contributed by atoms with E-state index in [9.17, 15) is 4.79 Å². The summed E-state index contributed by atoms with van der Waals surface area (Å²) in [6, 6.07) is 0. The Morgan fingerprint density at radius 1 is 1.40 bits per heavy atom. The minimum absolute atomic E-state index is 0.275. The Morgan fingerprint density at radius 3 is 2.70 bits per heavy atom. The summed E-state index contributed by atoms with van der Waals surface area (Å²) >= 11 is 0. The highest BCUT2D eigenvalue weighted by atomic mass is 16.5. The molecule has 0 bridgehead atoms. The molecule has 1 aliphatic rings. The smallest absolute Gasteiger partial charge is 0.237 e. The summed E-state index contributed by atoms with van der Waals surface area (Å²) in [5.41, 5.74) is 4.86. The summed E-state index contributed by atoms with van der Waals surface area (Å²) in [5, 5.41) is 3.17. The maximum absolute atomic E-state index is 11.5. The van der Waals surface area contributed by atoms with E-state index in [1.165, 1.54) is 0 Å². The Kier molecular flexibility index (Phi) is 8.11. The first-order chi connectivity index (χ1) is 9.58. The Morgan fingerprint density at radius 2 is 2.10 bits per heavy atom. The van der Waals surface area contributed by atoms with Crippen molar-refractivity contribution in [2.24, 2.45) is 11.7 Å². The molecular formula is C15H30N2O3. The number of amides is 1. The lowest BCUT2D eigenvalue weighted by atomic mass is 9.94. The second-order valence-electron chi connectivity index (χ2n) is 5.81. The van der Waals surface area contributed by atoms with Crippen LogP contribution in [0, 0.1) is 5.92 Å². The molecule has 118 valence electrons. The maximum Gasteiger partial charge on any atom is 0.237 e. The molecule has 0 radical (unpaired) electrons. The molecule has 0 saturated carbocycles. The van der Waals surface area contributed by atoms with Gasteiger partial charge in [-0.1, -0.05) is 6.92 Å². The van der Waals surface area contributed by atoms with E-state index in [4.69, 9.17) is 15.2 Å². The van der Waals surface area contributed by atoms with E-state index in [1.807, 2.05) is 13.8 Å². The molecule has 0 aromatic carbocycles. The topological polar surface area (TPSA) is 73.6 Å². The van der Waals surface area contributed by atoms with Gasteiger partial charge in [0.2, 0.25) is 5.91 Å². The first-order valence-electron chi connectivity index (χ1n) is 7.79. The van der Waals surface area contributed by atoms with Crippen molar-refractivity contribution in [3.63, 3.8) is 0 Å². The maximum atomic E-state index is 11.5. The summed E-state index contributed by atoms with van der Waals surface area (Å²) in [5.74, 6) is 0.379. The number of hydrogen-bond acceptors (Lipinski definition) is 4.